The molecule has 0 saturated heterocycles. The predicted molar refractivity (Wildman–Crippen MR) is 74.7 cm³/mol. The summed E-state index contributed by atoms with van der Waals surface area (Å²) in [6, 6.07) is 4.03. The molecule has 0 aliphatic carbocycles. The monoisotopic (exact) mass is 266 g/mol. The topological polar surface area (TPSA) is 63.8 Å². The van der Waals surface area contributed by atoms with Crippen LogP contribution in [0.25, 0.3) is 0 Å². The van der Waals surface area contributed by atoms with Gasteiger partial charge in [-0.15, -0.1) is 11.8 Å². The smallest absolute Gasteiger partial charge is 0.153 e. The van der Waals surface area contributed by atoms with Crippen LogP contribution >= 0.6 is 23.3 Å². The molecule has 6 heteroatoms. The Morgan fingerprint density at radius 1 is 1.53 bits per heavy atom. The number of rotatable bonds is 5. The summed E-state index contributed by atoms with van der Waals surface area (Å²) < 4.78 is 4.14. The summed E-state index contributed by atoms with van der Waals surface area (Å²) in [6.07, 6.45) is 6.62. The second-order valence-electron chi connectivity index (χ2n) is 3.47. The van der Waals surface area contributed by atoms with E-state index in [-0.39, 0.29) is 0 Å². The van der Waals surface area contributed by atoms with Crippen LogP contribution < -0.4 is 11.1 Å². The van der Waals surface area contributed by atoms with E-state index in [4.69, 9.17) is 5.73 Å². The Balaban J connectivity index is 1.90. The maximum Gasteiger partial charge on any atom is 0.153 e. The summed E-state index contributed by atoms with van der Waals surface area (Å²) in [6.45, 7) is 0.862. The summed E-state index contributed by atoms with van der Waals surface area (Å²) in [5, 5.41) is 4.42. The van der Waals surface area contributed by atoms with Crippen LogP contribution in [0.4, 0.5) is 10.8 Å². The molecule has 2 aromatic heterocycles. The number of nitrogens with one attached hydrogen (secondary N) is 1. The average molecular weight is 266 g/mol. The van der Waals surface area contributed by atoms with Crippen molar-refractivity contribution in [3.8, 4) is 0 Å². The van der Waals surface area contributed by atoms with Gasteiger partial charge in [0.25, 0.3) is 0 Å². The van der Waals surface area contributed by atoms with Crippen LogP contribution in [-0.4, -0.2) is 22.2 Å². The van der Waals surface area contributed by atoms with Crippen LogP contribution in [-0.2, 0) is 6.42 Å². The molecular weight excluding hydrogens is 252 g/mol. The minimum absolute atomic E-state index is 0.617. The fraction of sp³-hybridized carbons (Fsp3) is 0.273. The molecule has 90 valence electrons. The third-order valence-electron chi connectivity index (χ3n) is 2.30. The highest BCUT2D eigenvalue weighted by Gasteiger charge is 2.09. The van der Waals surface area contributed by atoms with Gasteiger partial charge in [-0.25, -0.2) is 0 Å². The zero-order chi connectivity index (χ0) is 12.1. The van der Waals surface area contributed by atoms with E-state index in [9.17, 15) is 0 Å². The second kappa shape index (κ2) is 5.88. The molecule has 0 radical (unpaired) electrons. The summed E-state index contributed by atoms with van der Waals surface area (Å²) in [5.74, 6) is 0.617. The minimum Gasteiger partial charge on any atom is -0.382 e. The molecule has 17 heavy (non-hydrogen) atoms. The van der Waals surface area contributed by atoms with Gasteiger partial charge in [-0.05, 0) is 35.8 Å². The zero-order valence-electron chi connectivity index (χ0n) is 9.51. The first kappa shape index (κ1) is 12.2. The van der Waals surface area contributed by atoms with Crippen molar-refractivity contribution in [1.29, 1.82) is 0 Å². The molecule has 0 unspecified atom stereocenters. The van der Waals surface area contributed by atoms with Crippen molar-refractivity contribution in [2.24, 2.45) is 0 Å². The Morgan fingerprint density at radius 3 is 3.12 bits per heavy atom. The maximum absolute atomic E-state index is 5.76. The first-order valence-corrected chi connectivity index (χ1v) is 7.23. The fourth-order valence-corrected chi connectivity index (χ4v) is 3.04. The molecule has 0 amide bonds. The normalized spacial score (nSPS) is 10.4. The number of hydrogen-bond acceptors (Lipinski definition) is 6. The number of nitrogens with zero attached hydrogens (tertiary/aromatic N) is 2. The lowest BCUT2D eigenvalue weighted by molar-refractivity contribution is 1.01. The Morgan fingerprint density at radius 2 is 2.41 bits per heavy atom. The number of anilines is 2. The van der Waals surface area contributed by atoms with Crippen LogP contribution in [0.5, 0.6) is 0 Å². The fourth-order valence-electron chi connectivity index (χ4n) is 1.47. The molecule has 2 rings (SSSR count). The van der Waals surface area contributed by atoms with Crippen molar-refractivity contribution in [2.45, 2.75) is 11.3 Å². The molecule has 2 aromatic rings. The zero-order valence-corrected chi connectivity index (χ0v) is 11.1. The highest BCUT2D eigenvalue weighted by molar-refractivity contribution is 7.99. The third-order valence-corrected chi connectivity index (χ3v) is 4.07. The first-order chi connectivity index (χ1) is 8.31. The van der Waals surface area contributed by atoms with E-state index < -0.39 is 0 Å². The lowest BCUT2D eigenvalue weighted by atomic mass is 10.2. The van der Waals surface area contributed by atoms with E-state index in [2.05, 4.69) is 20.7 Å². The van der Waals surface area contributed by atoms with E-state index >= 15 is 0 Å². The molecule has 0 aliphatic heterocycles. The van der Waals surface area contributed by atoms with Gasteiger partial charge < -0.3 is 11.1 Å². The first-order valence-electron chi connectivity index (χ1n) is 5.23. The van der Waals surface area contributed by atoms with Crippen LogP contribution in [0.2, 0.25) is 0 Å². The average Bonchev–Trinajstić information content (AvgIpc) is 2.71. The van der Waals surface area contributed by atoms with E-state index in [1.54, 1.807) is 18.0 Å². The summed E-state index contributed by atoms with van der Waals surface area (Å²) in [5.41, 5.74) is 6.99. The summed E-state index contributed by atoms with van der Waals surface area (Å²) >= 11 is 3.04. The molecule has 0 fully saturated rings. The van der Waals surface area contributed by atoms with Crippen LogP contribution in [0.3, 0.4) is 0 Å². The summed E-state index contributed by atoms with van der Waals surface area (Å²) in [4.78, 5) is 5.13. The number of thioether (sulfide) groups is 1. The third kappa shape index (κ3) is 3.10. The number of aromatic nitrogens is 2. The van der Waals surface area contributed by atoms with E-state index in [1.807, 2.05) is 18.5 Å². The van der Waals surface area contributed by atoms with Crippen molar-refractivity contribution in [3.63, 3.8) is 0 Å². The Labute approximate surface area is 109 Å². The molecule has 0 aliphatic rings. The van der Waals surface area contributed by atoms with Gasteiger partial charge in [-0.3, -0.25) is 4.98 Å². The quantitative estimate of drug-likeness (QED) is 0.814. The van der Waals surface area contributed by atoms with Crippen LogP contribution in [0, 0.1) is 0 Å². The SMILES string of the molecule is CSc1c(N)nsc1NCCc1cccnc1. The Hall–Kier alpha value is -1.27. The van der Waals surface area contributed by atoms with Crippen molar-refractivity contribution in [1.82, 2.24) is 9.36 Å². The Bertz CT molecular complexity index is 470. The van der Waals surface area contributed by atoms with E-state index in [1.165, 1.54) is 17.1 Å². The highest BCUT2D eigenvalue weighted by atomic mass is 32.2. The lowest BCUT2D eigenvalue weighted by Crippen LogP contribution is -2.04. The summed E-state index contributed by atoms with van der Waals surface area (Å²) in [7, 11) is 0. The number of nitrogens with two attached hydrogens (primary N) is 1. The van der Waals surface area contributed by atoms with E-state index in [0.29, 0.717) is 5.82 Å². The molecule has 0 atom stereocenters. The molecule has 0 bridgehead atoms. The van der Waals surface area contributed by atoms with Crippen LogP contribution in [0.15, 0.2) is 29.4 Å². The van der Waals surface area contributed by atoms with Crippen LogP contribution in [0.1, 0.15) is 5.56 Å². The maximum atomic E-state index is 5.76. The van der Waals surface area contributed by atoms with Gasteiger partial charge in [0, 0.05) is 18.9 Å². The molecule has 0 saturated carbocycles. The van der Waals surface area contributed by atoms with Gasteiger partial charge >= 0.3 is 0 Å². The van der Waals surface area contributed by atoms with Gasteiger partial charge in [0.2, 0.25) is 0 Å². The largest absolute Gasteiger partial charge is 0.382 e. The van der Waals surface area contributed by atoms with Gasteiger partial charge in [0.15, 0.2) is 5.82 Å². The van der Waals surface area contributed by atoms with Crippen molar-refractivity contribution >= 4 is 34.1 Å². The lowest BCUT2D eigenvalue weighted by Gasteiger charge is -2.05. The van der Waals surface area contributed by atoms with Gasteiger partial charge in [-0.1, -0.05) is 6.07 Å². The molecule has 0 aromatic carbocycles. The van der Waals surface area contributed by atoms with E-state index in [0.717, 1.165) is 22.9 Å². The minimum atomic E-state index is 0.617. The van der Waals surface area contributed by atoms with Crippen molar-refractivity contribution in [3.05, 3.63) is 30.1 Å². The number of pyridine rings is 1. The standard InChI is InChI=1S/C11H14N4S2/c1-16-9-10(12)15-17-11(9)14-6-4-8-3-2-5-13-7-8/h2-3,5,7,14H,4,6H2,1H3,(H2,12,15). The molecule has 4 nitrogen and oxygen atoms in total. The van der Waals surface area contributed by atoms with Gasteiger partial charge in [0.05, 0.1) is 4.90 Å². The van der Waals surface area contributed by atoms with Gasteiger partial charge in [-0.2, -0.15) is 4.37 Å². The highest BCUT2D eigenvalue weighted by Crippen LogP contribution is 2.34. The van der Waals surface area contributed by atoms with Crippen molar-refractivity contribution in [2.75, 3.05) is 23.9 Å². The second-order valence-corrected chi connectivity index (χ2v) is 5.06. The molecule has 3 N–H and O–H groups in total. The predicted octanol–water partition coefficient (Wildman–Crippen LogP) is 2.50. The Kier molecular flexibility index (Phi) is 4.22. The molecule has 2 heterocycles. The van der Waals surface area contributed by atoms with Crippen molar-refractivity contribution < 1.29 is 0 Å². The van der Waals surface area contributed by atoms with Gasteiger partial charge in [0.1, 0.15) is 5.00 Å². The number of nitrogen functional groups attached to an aromatic ring is 1. The molecule has 0 spiro atoms. The molecular formula is C11H14N4S2. The number of hydrogen-bond donors (Lipinski definition) is 2.